The molecular formula is C28H28B4O12. The van der Waals surface area contributed by atoms with Crippen LogP contribution in [-0.4, -0.2) is 89.1 Å². The Morgan fingerprint density at radius 3 is 0.545 bits per heavy atom. The molecule has 0 unspecified atom stereocenters. The lowest BCUT2D eigenvalue weighted by molar-refractivity contribution is 0.424. The number of benzene rings is 4. The van der Waals surface area contributed by atoms with Crippen molar-refractivity contribution in [2.24, 2.45) is 0 Å². The summed E-state index contributed by atoms with van der Waals surface area (Å²) < 4.78 is 0. The molecule has 0 radical (unpaired) electrons. The van der Waals surface area contributed by atoms with Crippen LogP contribution in [0.3, 0.4) is 0 Å². The van der Waals surface area contributed by atoms with E-state index in [2.05, 4.69) is 0 Å². The molecule has 4 aromatic rings. The maximum atomic E-state index is 11.3. The summed E-state index contributed by atoms with van der Waals surface area (Å²) >= 11 is 0. The molecule has 5 rings (SSSR count). The fraction of sp³-hybridized carbons (Fsp3) is 0.143. The third-order valence-corrected chi connectivity index (χ3v) is 7.88. The van der Waals surface area contributed by atoms with Crippen LogP contribution in [0.25, 0.3) is 0 Å². The van der Waals surface area contributed by atoms with Crippen molar-refractivity contribution in [1.29, 1.82) is 0 Å². The monoisotopic (exact) mass is 600 g/mol. The highest BCUT2D eigenvalue weighted by Gasteiger charge is 2.26. The summed E-state index contributed by atoms with van der Waals surface area (Å²) in [6, 6.07) is 10.3. The van der Waals surface area contributed by atoms with Crippen molar-refractivity contribution < 1.29 is 60.6 Å². The summed E-state index contributed by atoms with van der Waals surface area (Å²) in [6.07, 6.45) is -0.952. The fourth-order valence-electron chi connectivity index (χ4n) is 5.64. The van der Waals surface area contributed by atoms with Gasteiger partial charge in [-0.3, -0.25) is 0 Å². The molecule has 0 atom stereocenters. The van der Waals surface area contributed by atoms with Crippen molar-refractivity contribution in [1.82, 2.24) is 0 Å². The molecule has 0 aliphatic heterocycles. The first-order valence-corrected chi connectivity index (χ1v) is 13.6. The van der Waals surface area contributed by atoms with Crippen LogP contribution in [0, 0.1) is 0 Å². The number of phenols is 4. The molecule has 0 amide bonds. The minimum Gasteiger partial charge on any atom is -0.507 e. The second kappa shape index (κ2) is 12.2. The van der Waals surface area contributed by atoms with Gasteiger partial charge in [0.05, 0.1) is 0 Å². The summed E-state index contributed by atoms with van der Waals surface area (Å²) in [6.45, 7) is 0. The Kier molecular flexibility index (Phi) is 8.71. The molecule has 12 N–H and O–H groups in total. The number of phenolic OH excluding ortho intramolecular Hbond substituents is 4. The van der Waals surface area contributed by atoms with Crippen LogP contribution in [0.1, 0.15) is 44.5 Å². The molecule has 0 heterocycles. The van der Waals surface area contributed by atoms with E-state index in [0.717, 1.165) is 0 Å². The van der Waals surface area contributed by atoms with Crippen molar-refractivity contribution >= 4 is 50.3 Å². The molecule has 4 aromatic carbocycles. The maximum Gasteiger partial charge on any atom is 0.488 e. The lowest BCUT2D eigenvalue weighted by Gasteiger charge is -2.20. The third kappa shape index (κ3) is 6.15. The number of hydrogen-bond acceptors (Lipinski definition) is 12. The Morgan fingerprint density at radius 2 is 0.432 bits per heavy atom. The molecule has 0 fully saturated rings. The average Bonchev–Trinajstić information content (AvgIpc) is 2.95. The highest BCUT2D eigenvalue weighted by atomic mass is 16.4. The predicted molar refractivity (Wildman–Crippen MR) is 163 cm³/mol. The van der Waals surface area contributed by atoms with Crippen LogP contribution in [0.4, 0.5) is 0 Å². The van der Waals surface area contributed by atoms with Gasteiger partial charge in [-0.15, -0.1) is 0 Å². The highest BCUT2D eigenvalue weighted by molar-refractivity contribution is 6.59. The van der Waals surface area contributed by atoms with Crippen LogP contribution < -0.4 is 21.9 Å². The van der Waals surface area contributed by atoms with Crippen molar-refractivity contribution in [2.75, 3.05) is 0 Å². The second-order valence-corrected chi connectivity index (χ2v) is 11.0. The average molecular weight is 600 g/mol. The van der Waals surface area contributed by atoms with E-state index in [-0.39, 0.29) is 115 Å². The quantitative estimate of drug-likeness (QED) is 0.0882. The Hall–Kier alpha value is -3.98. The zero-order valence-electron chi connectivity index (χ0n) is 23.1. The van der Waals surface area contributed by atoms with Gasteiger partial charge in [-0.25, -0.2) is 0 Å². The summed E-state index contributed by atoms with van der Waals surface area (Å²) in [5.41, 5.74) is 0.757. The number of fused-ring (bicyclic) bond motifs is 8. The first kappa shape index (κ1) is 31.4. The summed E-state index contributed by atoms with van der Waals surface area (Å²) in [5, 5.41) is 125. The molecule has 8 bridgehead atoms. The molecule has 1 aliphatic carbocycles. The van der Waals surface area contributed by atoms with E-state index < -0.39 is 28.5 Å². The predicted octanol–water partition coefficient (Wildman–Crippen LogP) is -4.10. The molecule has 44 heavy (non-hydrogen) atoms. The first-order chi connectivity index (χ1) is 20.7. The van der Waals surface area contributed by atoms with Gasteiger partial charge in [0.15, 0.2) is 0 Å². The first-order valence-electron chi connectivity index (χ1n) is 13.6. The van der Waals surface area contributed by atoms with E-state index in [1.807, 2.05) is 0 Å². The number of aromatic hydroxyl groups is 4. The minimum absolute atomic E-state index is 0.0277. The summed E-state index contributed by atoms with van der Waals surface area (Å²) in [5.74, 6) is -1.29. The normalized spacial score (nSPS) is 12.5. The van der Waals surface area contributed by atoms with Gasteiger partial charge in [-0.1, -0.05) is 48.5 Å². The second-order valence-electron chi connectivity index (χ2n) is 11.0. The molecule has 0 saturated heterocycles. The summed E-state index contributed by atoms with van der Waals surface area (Å²) in [7, 11) is -7.86. The lowest BCUT2D eigenvalue weighted by Crippen LogP contribution is -2.32. The lowest BCUT2D eigenvalue weighted by atomic mass is 9.74. The molecule has 0 saturated carbocycles. The SMILES string of the molecule is OB(O)c1cc2c(O)c(c1)Cc1cc(B(O)O)cc(c1O)Cc1cc(B(O)O)cc(c1O)Cc1cc(B(O)O)cc(c1O)C2. The topological polar surface area (TPSA) is 243 Å². The summed E-state index contributed by atoms with van der Waals surface area (Å²) in [4.78, 5) is 0. The van der Waals surface area contributed by atoms with Crippen LogP contribution in [0.2, 0.25) is 0 Å². The number of hydrogen-bond donors (Lipinski definition) is 12. The molecular weight excluding hydrogens is 572 g/mol. The van der Waals surface area contributed by atoms with Crippen LogP contribution in [0.15, 0.2) is 48.5 Å². The Labute approximate surface area is 252 Å². The van der Waals surface area contributed by atoms with E-state index >= 15 is 0 Å². The van der Waals surface area contributed by atoms with Gasteiger partial charge in [-0.2, -0.15) is 0 Å². The molecule has 224 valence electrons. The maximum absolute atomic E-state index is 11.3. The van der Waals surface area contributed by atoms with E-state index in [1.54, 1.807) is 0 Å². The third-order valence-electron chi connectivity index (χ3n) is 7.88. The molecule has 12 nitrogen and oxygen atoms in total. The van der Waals surface area contributed by atoms with Crippen LogP contribution in [0.5, 0.6) is 23.0 Å². The van der Waals surface area contributed by atoms with E-state index in [4.69, 9.17) is 0 Å². The molecule has 1 aliphatic rings. The van der Waals surface area contributed by atoms with Crippen LogP contribution in [-0.2, 0) is 25.7 Å². The Balaban J connectivity index is 1.84. The van der Waals surface area contributed by atoms with Gasteiger partial charge in [0.25, 0.3) is 0 Å². The highest BCUT2D eigenvalue weighted by Crippen LogP contribution is 2.36. The molecule has 0 spiro atoms. The van der Waals surface area contributed by atoms with Crippen molar-refractivity contribution in [2.45, 2.75) is 25.7 Å². The van der Waals surface area contributed by atoms with Gasteiger partial charge < -0.3 is 60.6 Å². The standard InChI is InChI=1S/C28H28B4O12/c33-25-13-1-14-6-22(30(39)40)8-16(26(14)34)3-18-10-24(32(43)44)12-20(28(18)36)4-19-11-23(31(41)42)9-17(27(19)35)2-15(25)7-21(5-13)29(37)38/h5-12,33-44H,1-4H2. The van der Waals surface area contributed by atoms with Gasteiger partial charge in [0, 0.05) is 25.7 Å². The van der Waals surface area contributed by atoms with E-state index in [1.165, 1.54) is 48.5 Å². The zero-order chi connectivity index (χ0) is 32.0. The smallest absolute Gasteiger partial charge is 0.488 e. The fourth-order valence-corrected chi connectivity index (χ4v) is 5.64. The van der Waals surface area contributed by atoms with Gasteiger partial charge in [0.1, 0.15) is 23.0 Å². The van der Waals surface area contributed by atoms with Gasteiger partial charge in [0.2, 0.25) is 0 Å². The van der Waals surface area contributed by atoms with Crippen molar-refractivity contribution in [3.8, 4) is 23.0 Å². The number of rotatable bonds is 4. The largest absolute Gasteiger partial charge is 0.507 e. The van der Waals surface area contributed by atoms with Gasteiger partial charge >= 0.3 is 28.5 Å². The van der Waals surface area contributed by atoms with Crippen molar-refractivity contribution in [3.05, 3.63) is 93.0 Å². The Bertz CT molecular complexity index is 1400. The van der Waals surface area contributed by atoms with E-state index in [0.29, 0.717) is 0 Å². The molecule has 16 heteroatoms. The van der Waals surface area contributed by atoms with Crippen molar-refractivity contribution in [3.63, 3.8) is 0 Å². The molecule has 0 aromatic heterocycles. The van der Waals surface area contributed by atoms with Crippen LogP contribution >= 0.6 is 0 Å². The zero-order valence-corrected chi connectivity index (χ0v) is 23.1. The van der Waals surface area contributed by atoms with E-state index in [9.17, 15) is 60.6 Å². The Morgan fingerprint density at radius 1 is 0.295 bits per heavy atom. The van der Waals surface area contributed by atoms with Gasteiger partial charge in [-0.05, 0) is 66.4 Å². The minimum atomic E-state index is -1.97.